The Hall–Kier alpha value is -9.06. The summed E-state index contributed by atoms with van der Waals surface area (Å²) in [6.07, 6.45) is 6.53. The lowest BCUT2D eigenvalue weighted by molar-refractivity contribution is -0.141. The maximum Gasteiger partial charge on any atom is 0.310 e. The van der Waals surface area contributed by atoms with Crippen molar-refractivity contribution in [3.63, 3.8) is 0 Å². The van der Waals surface area contributed by atoms with Gasteiger partial charge in [0.05, 0.1) is 62.2 Å². The zero-order valence-electron chi connectivity index (χ0n) is 47.3. The zero-order chi connectivity index (χ0) is 57.6. The molecule has 3 aromatic carbocycles. The summed E-state index contributed by atoms with van der Waals surface area (Å²) < 4.78 is 11.9. The van der Waals surface area contributed by atoms with Crippen molar-refractivity contribution in [3.05, 3.63) is 158 Å². The summed E-state index contributed by atoms with van der Waals surface area (Å²) in [5, 5.41) is 13.1. The molecule has 0 saturated carbocycles. The maximum absolute atomic E-state index is 15.0. The van der Waals surface area contributed by atoms with Crippen LogP contribution in [0.5, 0.6) is 0 Å². The van der Waals surface area contributed by atoms with E-state index in [1.165, 1.54) is 23.8 Å². The molecular formula is C63H66N10O8. The van der Waals surface area contributed by atoms with Crippen LogP contribution in [0.2, 0.25) is 0 Å². The number of hydrogen-bond acceptors (Lipinski definition) is 13. The first-order chi connectivity index (χ1) is 38.9. The molecule has 4 atom stereocenters. The minimum atomic E-state index is -0.570. The van der Waals surface area contributed by atoms with Crippen LogP contribution in [0.15, 0.2) is 79.0 Å². The molecule has 4 aromatic heterocycles. The maximum atomic E-state index is 15.0. The number of amides is 3. The number of Topliss-reactive ketones (excluding diaryl/α,β-unsaturated/α-hetero) is 1. The summed E-state index contributed by atoms with van der Waals surface area (Å²) in [5.74, 6) is -3.09. The van der Waals surface area contributed by atoms with Crippen molar-refractivity contribution in [2.75, 3.05) is 39.8 Å². The molecule has 81 heavy (non-hydrogen) atoms. The number of carbonyl (C=O) groups is 6. The Bertz CT molecular complexity index is 3900. The second-order valence-electron chi connectivity index (χ2n) is 21.5. The molecule has 3 aliphatic rings. The number of H-pyrrole nitrogens is 2. The van der Waals surface area contributed by atoms with Gasteiger partial charge in [0.15, 0.2) is 5.78 Å². The largest absolute Gasteiger partial charge is 0.469 e. The lowest BCUT2D eigenvalue weighted by Crippen LogP contribution is -2.42. The van der Waals surface area contributed by atoms with Gasteiger partial charge in [0.2, 0.25) is 0 Å². The van der Waals surface area contributed by atoms with Crippen LogP contribution in [0, 0.1) is 13.8 Å². The van der Waals surface area contributed by atoms with Crippen molar-refractivity contribution < 1.29 is 38.2 Å². The fourth-order valence-electron chi connectivity index (χ4n) is 11.8. The third-order valence-electron chi connectivity index (χ3n) is 16.4. The van der Waals surface area contributed by atoms with Gasteiger partial charge in [0.25, 0.3) is 17.7 Å². The van der Waals surface area contributed by atoms with E-state index in [0.717, 1.165) is 45.6 Å². The minimum absolute atomic E-state index is 0.00545. The number of esters is 2. The molecule has 0 aliphatic carbocycles. The number of ether oxygens (including phenoxy) is 2. The third-order valence-corrected chi connectivity index (χ3v) is 16.4. The molecule has 18 heteroatoms. The zero-order valence-corrected chi connectivity index (χ0v) is 47.3. The first-order valence-corrected chi connectivity index (χ1v) is 27.3. The topological polar surface area (TPSA) is 227 Å². The summed E-state index contributed by atoms with van der Waals surface area (Å²) in [4.78, 5) is 104. The number of nitrogens with zero attached hydrogens (tertiary/aromatic N) is 7. The van der Waals surface area contributed by atoms with Crippen LogP contribution in [-0.2, 0) is 38.6 Å². The average molecular weight is 1090 g/mol. The molecule has 3 amide bonds. The number of aromatic nitrogens is 7. The van der Waals surface area contributed by atoms with Gasteiger partial charge in [-0.2, -0.15) is 0 Å². The Morgan fingerprint density at radius 1 is 0.765 bits per heavy atom. The molecule has 8 bridgehead atoms. The van der Waals surface area contributed by atoms with Gasteiger partial charge in [-0.15, -0.1) is 5.10 Å². The van der Waals surface area contributed by atoms with E-state index in [9.17, 15) is 28.8 Å². The molecule has 0 fully saturated rings. The first-order valence-electron chi connectivity index (χ1n) is 27.3. The Balaban J connectivity index is 0.977. The summed E-state index contributed by atoms with van der Waals surface area (Å²) in [5.41, 5.74) is 11.9. The van der Waals surface area contributed by atoms with Crippen LogP contribution in [0.3, 0.4) is 0 Å². The third kappa shape index (κ3) is 10.5. The van der Waals surface area contributed by atoms with Gasteiger partial charge in [-0.05, 0) is 104 Å². The van der Waals surface area contributed by atoms with E-state index in [4.69, 9.17) is 19.4 Å². The van der Waals surface area contributed by atoms with Gasteiger partial charge in [-0.3, -0.25) is 48.3 Å². The summed E-state index contributed by atoms with van der Waals surface area (Å²) in [6, 6.07) is 23.2. The van der Waals surface area contributed by atoms with Gasteiger partial charge in [-0.1, -0.05) is 68.5 Å². The fourth-order valence-corrected chi connectivity index (χ4v) is 11.8. The second kappa shape index (κ2) is 22.6. The van der Waals surface area contributed by atoms with E-state index in [1.54, 1.807) is 25.3 Å². The van der Waals surface area contributed by atoms with Crippen molar-refractivity contribution in [2.24, 2.45) is 0 Å². The predicted molar refractivity (Wildman–Crippen MR) is 310 cm³/mol. The lowest BCUT2D eigenvalue weighted by atomic mass is 9.85. The first kappa shape index (κ1) is 55.3. The van der Waals surface area contributed by atoms with Gasteiger partial charge >= 0.3 is 11.9 Å². The highest BCUT2D eigenvalue weighted by molar-refractivity contribution is 6.26. The van der Waals surface area contributed by atoms with Crippen molar-refractivity contribution in [1.82, 2.24) is 45.1 Å². The fraction of sp³-hybridized carbons (Fsp3) is 0.333. The van der Waals surface area contributed by atoms with Crippen LogP contribution in [0.25, 0.3) is 45.0 Å². The number of aromatic amines is 2. The highest BCUT2D eigenvalue weighted by Crippen LogP contribution is 2.44. The van der Waals surface area contributed by atoms with Crippen molar-refractivity contribution in [1.29, 1.82) is 0 Å². The van der Waals surface area contributed by atoms with Gasteiger partial charge in [0.1, 0.15) is 5.69 Å². The quantitative estimate of drug-likeness (QED) is 0.0355. The Morgan fingerprint density at radius 2 is 1.43 bits per heavy atom. The molecule has 0 saturated heterocycles. The number of benzene rings is 3. The number of carbonyl (C=O) groups excluding carboxylic acids is 6. The van der Waals surface area contributed by atoms with E-state index in [-0.39, 0.29) is 61.6 Å². The molecule has 0 radical (unpaired) electrons. The summed E-state index contributed by atoms with van der Waals surface area (Å²) >= 11 is 0. The number of hydrogen-bond donors (Lipinski definition) is 3. The molecule has 3 aliphatic heterocycles. The molecule has 0 spiro atoms. The predicted octanol–water partition coefficient (Wildman–Crippen LogP) is 10.2. The van der Waals surface area contributed by atoms with Crippen LogP contribution >= 0.6 is 0 Å². The molecule has 3 N–H and O–H groups in total. The highest BCUT2D eigenvalue weighted by Gasteiger charge is 2.36. The van der Waals surface area contributed by atoms with E-state index in [2.05, 4.69) is 39.4 Å². The smallest absolute Gasteiger partial charge is 0.310 e. The highest BCUT2D eigenvalue weighted by atomic mass is 16.5. The molecule has 18 nitrogen and oxygen atoms in total. The SMILES string of the molecule is CC[C@H]1c2cc3[nH]c(c(CC(=O)OC)c4nc(cc5[nH]c(cc(n2)[C@@H]1C)c(C(C)=O)c5C)[C@@H](C)[C@@H]4CCC(=O)OC)c(C(=O)NCc1cn(CCN2C(=O)c4cccc5c(/C=C/c6ccc(N(C)C)cc6)ccc(c45)C2=O)nn1)c3C. The molecule has 10 rings (SSSR count). The number of fused-ring (bicyclic) bond motifs is 8. The lowest BCUT2D eigenvalue weighted by Gasteiger charge is -2.27. The monoisotopic (exact) mass is 1090 g/mol. The van der Waals surface area contributed by atoms with Crippen LogP contribution in [0.1, 0.15) is 168 Å². The van der Waals surface area contributed by atoms with Gasteiger partial charge < -0.3 is 29.7 Å². The second-order valence-corrected chi connectivity index (χ2v) is 21.5. The number of ketones is 1. The number of anilines is 1. The number of rotatable bonds is 16. The number of nitrogens with one attached hydrogen (secondary N) is 3. The molecular weight excluding hydrogens is 1020 g/mol. The molecule has 416 valence electrons. The van der Waals surface area contributed by atoms with Gasteiger partial charge in [-0.25, -0.2) is 0 Å². The van der Waals surface area contributed by atoms with Crippen molar-refractivity contribution >= 4 is 86.1 Å². The van der Waals surface area contributed by atoms with Crippen LogP contribution in [0.4, 0.5) is 5.69 Å². The van der Waals surface area contributed by atoms with Crippen LogP contribution < -0.4 is 10.2 Å². The summed E-state index contributed by atoms with van der Waals surface area (Å²) in [6.45, 7) is 11.6. The normalized spacial score (nSPS) is 16.8. The Labute approximate surface area is 469 Å². The number of imide groups is 1. The Morgan fingerprint density at radius 3 is 2.14 bits per heavy atom. The van der Waals surface area contributed by atoms with E-state index >= 15 is 0 Å². The van der Waals surface area contributed by atoms with E-state index in [1.807, 2.05) is 113 Å². The molecule has 0 unspecified atom stereocenters. The number of aryl methyl sites for hydroxylation is 2. The standard InChI is InChI=1S/C63H66N10O8/c1-11-42-33(2)48-30-53-56(37(6)74)35(4)50(66-53)28-49-34(3)43(23-24-54(75)80-9)59(67-49)47(27-55(76)81-10)60-57(36(5)51(68-60)29-52(42)65-48)61(77)64-31-40-32-72(70-69-40)25-26-73-62(78)45-14-12-13-44-39(19-22-46(58(44)45)63(73)79)18-15-38-16-20-41(21-17-38)71(7)8/h12-22,28-30,32-34,42-43,66,68H,11,23-27,31H2,1-10H3,(H,64,77)/b18-15+,48-30?,49-28?,50-28?,51-29?,52-29?,53-30?,59-47?,60-47?/t33-,34+,42-,43+/m1/s1. The number of methoxy groups -OCH3 is 2. The van der Waals surface area contributed by atoms with Crippen LogP contribution in [-0.4, -0.2) is 110 Å². The molecule has 7 aromatic rings. The Kier molecular flexibility index (Phi) is 15.4. The minimum Gasteiger partial charge on any atom is -0.469 e. The molecule has 7 heterocycles. The van der Waals surface area contributed by atoms with E-state index in [0.29, 0.717) is 78.8 Å². The van der Waals surface area contributed by atoms with E-state index < -0.39 is 35.6 Å². The average Bonchev–Trinajstić information content (AvgIpc) is 4.28. The van der Waals surface area contributed by atoms with Gasteiger partial charge in [0, 0.05) is 112 Å². The van der Waals surface area contributed by atoms with Crippen molar-refractivity contribution in [2.45, 2.75) is 104 Å². The van der Waals surface area contributed by atoms with Crippen molar-refractivity contribution in [3.8, 4) is 0 Å². The summed E-state index contributed by atoms with van der Waals surface area (Å²) in [7, 11) is 6.62.